The summed E-state index contributed by atoms with van der Waals surface area (Å²) in [7, 11) is -3.58. The summed E-state index contributed by atoms with van der Waals surface area (Å²) in [6, 6.07) is 6.94. The number of aryl methyl sites for hydroxylation is 1. The van der Waals surface area contributed by atoms with Gasteiger partial charge in [-0.2, -0.15) is 0 Å². The average Bonchev–Trinajstić information content (AvgIpc) is 2.84. The molecule has 0 spiro atoms. The molecule has 0 radical (unpaired) electrons. The van der Waals surface area contributed by atoms with Crippen molar-refractivity contribution in [1.82, 2.24) is 10.3 Å². The fourth-order valence-electron chi connectivity index (χ4n) is 1.81. The van der Waals surface area contributed by atoms with Crippen molar-refractivity contribution in [2.45, 2.75) is 31.7 Å². The number of anilines is 1. The van der Waals surface area contributed by atoms with Crippen LogP contribution in [0.3, 0.4) is 0 Å². The second-order valence-corrected chi connectivity index (χ2v) is 7.26. The van der Waals surface area contributed by atoms with Gasteiger partial charge in [0.15, 0.2) is 5.13 Å². The molecule has 5 nitrogen and oxygen atoms in total. The minimum Gasteiger partial charge on any atom is -0.313 e. The Balaban J connectivity index is 2.14. The van der Waals surface area contributed by atoms with E-state index in [1.165, 1.54) is 11.3 Å². The third-order valence-corrected chi connectivity index (χ3v) is 5.15. The van der Waals surface area contributed by atoms with Gasteiger partial charge in [-0.1, -0.05) is 19.1 Å². The highest BCUT2D eigenvalue weighted by Crippen LogP contribution is 2.20. The summed E-state index contributed by atoms with van der Waals surface area (Å²) in [6.07, 6.45) is 1.04. The number of thiazole rings is 1. The predicted octanol–water partition coefficient (Wildman–Crippen LogP) is 2.75. The lowest BCUT2D eigenvalue weighted by atomic mass is 10.2. The molecule has 1 aromatic carbocycles. The first-order chi connectivity index (χ1) is 10.0. The van der Waals surface area contributed by atoms with E-state index in [4.69, 9.17) is 0 Å². The summed E-state index contributed by atoms with van der Waals surface area (Å²) in [5.41, 5.74) is 1.75. The van der Waals surface area contributed by atoms with E-state index >= 15 is 0 Å². The van der Waals surface area contributed by atoms with Gasteiger partial charge in [-0.3, -0.25) is 4.72 Å². The molecule has 0 aliphatic rings. The number of sulfonamides is 1. The molecule has 0 saturated heterocycles. The van der Waals surface area contributed by atoms with Gasteiger partial charge in [0.05, 0.1) is 10.6 Å². The van der Waals surface area contributed by atoms with E-state index < -0.39 is 10.0 Å². The molecule has 0 fully saturated rings. The molecule has 114 valence electrons. The molecule has 0 saturated carbocycles. The monoisotopic (exact) mass is 325 g/mol. The summed E-state index contributed by atoms with van der Waals surface area (Å²) in [4.78, 5) is 4.38. The smallest absolute Gasteiger partial charge is 0.263 e. The van der Waals surface area contributed by atoms with Crippen LogP contribution < -0.4 is 10.0 Å². The van der Waals surface area contributed by atoms with Crippen molar-refractivity contribution in [3.8, 4) is 0 Å². The van der Waals surface area contributed by atoms with Crippen molar-refractivity contribution in [2.24, 2.45) is 0 Å². The van der Waals surface area contributed by atoms with Gasteiger partial charge in [-0.25, -0.2) is 13.4 Å². The Morgan fingerprint density at radius 2 is 2.14 bits per heavy atom. The van der Waals surface area contributed by atoms with Crippen LogP contribution in [0.5, 0.6) is 0 Å². The number of rotatable bonds is 7. The van der Waals surface area contributed by atoms with Crippen molar-refractivity contribution in [3.63, 3.8) is 0 Å². The lowest BCUT2D eigenvalue weighted by Gasteiger charge is -2.08. The van der Waals surface area contributed by atoms with Crippen molar-refractivity contribution < 1.29 is 8.42 Å². The van der Waals surface area contributed by atoms with E-state index in [9.17, 15) is 8.42 Å². The van der Waals surface area contributed by atoms with Crippen LogP contribution >= 0.6 is 11.3 Å². The zero-order chi connectivity index (χ0) is 15.3. The highest BCUT2D eigenvalue weighted by Gasteiger charge is 2.16. The molecule has 1 heterocycles. The zero-order valence-corrected chi connectivity index (χ0v) is 13.7. The van der Waals surface area contributed by atoms with Gasteiger partial charge in [0.1, 0.15) is 0 Å². The molecule has 7 heteroatoms. The Morgan fingerprint density at radius 1 is 1.33 bits per heavy atom. The largest absolute Gasteiger partial charge is 0.313 e. The molecule has 0 unspecified atom stereocenters. The normalized spacial score (nSPS) is 11.5. The van der Waals surface area contributed by atoms with Crippen LogP contribution in [0.25, 0.3) is 0 Å². The molecular formula is C14H19N3O2S2. The highest BCUT2D eigenvalue weighted by molar-refractivity contribution is 7.93. The molecule has 1 aromatic heterocycles. The highest BCUT2D eigenvalue weighted by atomic mass is 32.2. The maximum absolute atomic E-state index is 12.3. The maximum Gasteiger partial charge on any atom is 0.263 e. The van der Waals surface area contributed by atoms with E-state index in [-0.39, 0.29) is 4.90 Å². The molecule has 0 aliphatic heterocycles. The van der Waals surface area contributed by atoms with Crippen LogP contribution in [0.4, 0.5) is 5.13 Å². The van der Waals surface area contributed by atoms with Gasteiger partial charge < -0.3 is 5.32 Å². The van der Waals surface area contributed by atoms with Crippen LogP contribution in [-0.4, -0.2) is 19.9 Å². The van der Waals surface area contributed by atoms with Gasteiger partial charge in [0.25, 0.3) is 10.0 Å². The molecule has 0 amide bonds. The van der Waals surface area contributed by atoms with E-state index in [0.29, 0.717) is 11.7 Å². The van der Waals surface area contributed by atoms with E-state index in [0.717, 1.165) is 24.2 Å². The average molecular weight is 325 g/mol. The van der Waals surface area contributed by atoms with Gasteiger partial charge in [-0.05, 0) is 37.6 Å². The van der Waals surface area contributed by atoms with E-state index in [1.807, 2.05) is 18.4 Å². The van der Waals surface area contributed by atoms with Crippen molar-refractivity contribution >= 4 is 26.5 Å². The number of nitrogens with one attached hydrogen (secondary N) is 2. The van der Waals surface area contributed by atoms with Crippen LogP contribution in [0, 0.1) is 6.92 Å². The Labute approximate surface area is 129 Å². The van der Waals surface area contributed by atoms with Gasteiger partial charge >= 0.3 is 0 Å². The van der Waals surface area contributed by atoms with Gasteiger partial charge in [-0.15, -0.1) is 11.3 Å². The Hall–Kier alpha value is -1.44. The number of aromatic nitrogens is 1. The predicted molar refractivity (Wildman–Crippen MR) is 86.1 cm³/mol. The van der Waals surface area contributed by atoms with Crippen molar-refractivity contribution in [2.75, 3.05) is 11.3 Å². The van der Waals surface area contributed by atoms with Crippen molar-refractivity contribution in [3.05, 3.63) is 40.9 Å². The fourth-order valence-corrected chi connectivity index (χ4v) is 3.82. The number of nitrogens with zero attached hydrogens (tertiary/aromatic N) is 1. The minimum absolute atomic E-state index is 0.256. The molecule has 2 rings (SSSR count). The number of hydrogen-bond acceptors (Lipinski definition) is 5. The first-order valence-electron chi connectivity index (χ1n) is 6.76. The van der Waals surface area contributed by atoms with E-state index in [2.05, 4.69) is 21.9 Å². The van der Waals surface area contributed by atoms with Gasteiger partial charge in [0, 0.05) is 11.9 Å². The fraction of sp³-hybridized carbons (Fsp3) is 0.357. The lowest BCUT2D eigenvalue weighted by Crippen LogP contribution is -2.16. The third-order valence-electron chi connectivity index (χ3n) is 2.81. The SMILES string of the molecule is CCCNCc1cccc(S(=O)(=O)Nc2nc(C)cs2)c1. The maximum atomic E-state index is 12.3. The number of benzene rings is 1. The molecule has 0 bridgehead atoms. The Morgan fingerprint density at radius 3 is 2.81 bits per heavy atom. The quantitative estimate of drug-likeness (QED) is 0.768. The third kappa shape index (κ3) is 4.52. The summed E-state index contributed by atoms with van der Waals surface area (Å²) in [5, 5.41) is 5.46. The summed E-state index contributed by atoms with van der Waals surface area (Å²) in [5.74, 6) is 0. The Kier molecular flexibility index (Phi) is 5.33. The molecule has 2 aromatic rings. The lowest BCUT2D eigenvalue weighted by molar-refractivity contribution is 0.600. The second-order valence-electron chi connectivity index (χ2n) is 4.72. The van der Waals surface area contributed by atoms with Crippen molar-refractivity contribution in [1.29, 1.82) is 0 Å². The first-order valence-corrected chi connectivity index (χ1v) is 9.12. The first kappa shape index (κ1) is 15.9. The zero-order valence-electron chi connectivity index (χ0n) is 12.1. The molecule has 2 N–H and O–H groups in total. The van der Waals surface area contributed by atoms with Gasteiger partial charge in [0.2, 0.25) is 0 Å². The Bertz CT molecular complexity index is 696. The molecular weight excluding hydrogens is 306 g/mol. The topological polar surface area (TPSA) is 71.1 Å². The standard InChI is InChI=1S/C14H19N3O2S2/c1-3-7-15-9-12-5-4-6-13(8-12)21(18,19)17-14-16-11(2)10-20-14/h4-6,8,10,15H,3,7,9H2,1-2H3,(H,16,17). The van der Waals surface area contributed by atoms with Crippen LogP contribution in [0.1, 0.15) is 24.6 Å². The van der Waals surface area contributed by atoms with Crippen LogP contribution in [0.15, 0.2) is 34.5 Å². The molecule has 0 atom stereocenters. The van der Waals surface area contributed by atoms with Crippen LogP contribution in [0.2, 0.25) is 0 Å². The van der Waals surface area contributed by atoms with E-state index in [1.54, 1.807) is 18.2 Å². The molecule has 21 heavy (non-hydrogen) atoms. The summed E-state index contributed by atoms with van der Waals surface area (Å²) >= 11 is 1.28. The summed E-state index contributed by atoms with van der Waals surface area (Å²) in [6.45, 7) is 5.49. The second kappa shape index (κ2) is 7.02. The minimum atomic E-state index is -3.58. The van der Waals surface area contributed by atoms with Crippen LogP contribution in [-0.2, 0) is 16.6 Å². The molecule has 0 aliphatic carbocycles. The summed E-state index contributed by atoms with van der Waals surface area (Å²) < 4.78 is 27.2. The number of hydrogen-bond donors (Lipinski definition) is 2.